The number of amides is 2. The van der Waals surface area contributed by atoms with Gasteiger partial charge in [0.1, 0.15) is 5.75 Å². The standard InChI is InChI=1S/C20H24N2O4/c1-16(23)22(14-15-25-2)13-12-20(24)21-18-10-6-7-11-19(18)26-17-8-4-3-5-9-17/h3-11H,12-15H2,1-2H3,(H,21,24). The van der Waals surface area contributed by atoms with Gasteiger partial charge in [-0.05, 0) is 24.3 Å². The Balaban J connectivity index is 1.95. The molecule has 0 radical (unpaired) electrons. The van der Waals surface area contributed by atoms with Crippen LogP contribution in [-0.4, -0.2) is 43.5 Å². The molecule has 0 unspecified atom stereocenters. The van der Waals surface area contributed by atoms with Crippen LogP contribution in [0.25, 0.3) is 0 Å². The number of nitrogens with zero attached hydrogens (tertiary/aromatic N) is 1. The Morgan fingerprint density at radius 2 is 1.69 bits per heavy atom. The van der Waals surface area contributed by atoms with Gasteiger partial charge in [-0.15, -0.1) is 0 Å². The lowest BCUT2D eigenvalue weighted by molar-refractivity contribution is -0.130. The predicted molar refractivity (Wildman–Crippen MR) is 100 cm³/mol. The van der Waals surface area contributed by atoms with E-state index < -0.39 is 0 Å². The molecule has 2 rings (SSSR count). The molecule has 6 nitrogen and oxygen atoms in total. The van der Waals surface area contributed by atoms with E-state index in [1.807, 2.05) is 42.5 Å². The van der Waals surface area contributed by atoms with Gasteiger partial charge in [-0.25, -0.2) is 0 Å². The molecule has 0 aromatic heterocycles. The number of hydrogen-bond acceptors (Lipinski definition) is 4. The Kier molecular flexibility index (Phi) is 7.64. The number of ether oxygens (including phenoxy) is 2. The van der Waals surface area contributed by atoms with Gasteiger partial charge in [-0.1, -0.05) is 30.3 Å². The lowest BCUT2D eigenvalue weighted by Crippen LogP contribution is -2.34. The maximum absolute atomic E-state index is 12.3. The minimum absolute atomic E-state index is 0.0809. The second-order valence-electron chi connectivity index (χ2n) is 5.71. The summed E-state index contributed by atoms with van der Waals surface area (Å²) < 4.78 is 10.8. The average Bonchev–Trinajstić information content (AvgIpc) is 2.64. The highest BCUT2D eigenvalue weighted by molar-refractivity contribution is 5.92. The molecule has 0 atom stereocenters. The van der Waals surface area contributed by atoms with Crippen molar-refractivity contribution in [3.05, 3.63) is 54.6 Å². The van der Waals surface area contributed by atoms with Crippen LogP contribution >= 0.6 is 0 Å². The number of carbonyl (C=O) groups is 2. The summed E-state index contributed by atoms with van der Waals surface area (Å²) in [5, 5.41) is 2.85. The van der Waals surface area contributed by atoms with E-state index in [9.17, 15) is 9.59 Å². The first-order chi connectivity index (χ1) is 12.6. The van der Waals surface area contributed by atoms with Crippen molar-refractivity contribution in [1.29, 1.82) is 0 Å². The number of anilines is 1. The number of rotatable bonds is 9. The van der Waals surface area contributed by atoms with Gasteiger partial charge in [0.05, 0.1) is 12.3 Å². The predicted octanol–water partition coefficient (Wildman–Crippen LogP) is 3.30. The Bertz CT molecular complexity index is 719. The summed E-state index contributed by atoms with van der Waals surface area (Å²) >= 11 is 0. The molecule has 2 aromatic rings. The molecule has 2 amide bonds. The Morgan fingerprint density at radius 1 is 1.00 bits per heavy atom. The number of para-hydroxylation sites is 3. The minimum atomic E-state index is -0.183. The molecule has 0 bridgehead atoms. The van der Waals surface area contributed by atoms with Crippen LogP contribution in [0.3, 0.4) is 0 Å². The molecular formula is C20H24N2O4. The van der Waals surface area contributed by atoms with Crippen LogP contribution in [0.15, 0.2) is 54.6 Å². The molecule has 0 aliphatic heterocycles. The number of methoxy groups -OCH3 is 1. The summed E-state index contributed by atoms with van der Waals surface area (Å²) in [6.45, 7) is 2.73. The van der Waals surface area contributed by atoms with E-state index in [-0.39, 0.29) is 18.2 Å². The summed E-state index contributed by atoms with van der Waals surface area (Å²) in [6.07, 6.45) is 0.197. The molecule has 0 fully saturated rings. The van der Waals surface area contributed by atoms with Crippen molar-refractivity contribution in [2.45, 2.75) is 13.3 Å². The van der Waals surface area contributed by atoms with Crippen LogP contribution in [0.2, 0.25) is 0 Å². The van der Waals surface area contributed by atoms with E-state index in [1.54, 1.807) is 24.1 Å². The first kappa shape index (κ1) is 19.5. The fourth-order valence-corrected chi connectivity index (χ4v) is 2.35. The van der Waals surface area contributed by atoms with Crippen molar-refractivity contribution in [1.82, 2.24) is 4.90 Å². The average molecular weight is 356 g/mol. The molecule has 0 aliphatic carbocycles. The molecule has 0 saturated carbocycles. The molecule has 26 heavy (non-hydrogen) atoms. The highest BCUT2D eigenvalue weighted by Crippen LogP contribution is 2.29. The fourth-order valence-electron chi connectivity index (χ4n) is 2.35. The number of benzene rings is 2. The van der Waals surface area contributed by atoms with E-state index in [1.165, 1.54) is 6.92 Å². The summed E-state index contributed by atoms with van der Waals surface area (Å²) in [5.41, 5.74) is 0.590. The zero-order valence-corrected chi connectivity index (χ0v) is 15.1. The summed E-state index contributed by atoms with van der Waals surface area (Å²) in [5.74, 6) is 0.992. The van der Waals surface area contributed by atoms with Crippen LogP contribution in [0, 0.1) is 0 Å². The highest BCUT2D eigenvalue weighted by atomic mass is 16.5. The van der Waals surface area contributed by atoms with Crippen LogP contribution in [0.1, 0.15) is 13.3 Å². The maximum atomic E-state index is 12.3. The monoisotopic (exact) mass is 356 g/mol. The van der Waals surface area contributed by atoms with Crippen molar-refractivity contribution < 1.29 is 19.1 Å². The van der Waals surface area contributed by atoms with Gasteiger partial charge in [-0.2, -0.15) is 0 Å². The Morgan fingerprint density at radius 3 is 2.38 bits per heavy atom. The third-order valence-corrected chi connectivity index (χ3v) is 3.75. The van der Waals surface area contributed by atoms with Gasteiger partial charge in [0, 0.05) is 33.5 Å². The second kappa shape index (κ2) is 10.2. The van der Waals surface area contributed by atoms with E-state index >= 15 is 0 Å². The topological polar surface area (TPSA) is 67.9 Å². The van der Waals surface area contributed by atoms with E-state index in [0.717, 1.165) is 0 Å². The quantitative estimate of drug-likeness (QED) is 0.748. The van der Waals surface area contributed by atoms with Crippen molar-refractivity contribution in [2.75, 3.05) is 32.1 Å². The lowest BCUT2D eigenvalue weighted by Gasteiger charge is -2.20. The smallest absolute Gasteiger partial charge is 0.226 e. The molecule has 2 aromatic carbocycles. The van der Waals surface area contributed by atoms with E-state index in [4.69, 9.17) is 9.47 Å². The zero-order chi connectivity index (χ0) is 18.8. The molecule has 0 aliphatic rings. The largest absolute Gasteiger partial charge is 0.455 e. The summed E-state index contributed by atoms with van der Waals surface area (Å²) in [7, 11) is 1.58. The van der Waals surface area contributed by atoms with Gasteiger partial charge in [-0.3, -0.25) is 9.59 Å². The van der Waals surface area contributed by atoms with Crippen LogP contribution in [0.5, 0.6) is 11.5 Å². The van der Waals surface area contributed by atoms with Crippen LogP contribution in [-0.2, 0) is 14.3 Å². The Labute approximate surface area is 153 Å². The van der Waals surface area contributed by atoms with Gasteiger partial charge in [0.15, 0.2) is 5.75 Å². The van der Waals surface area contributed by atoms with Gasteiger partial charge in [0.25, 0.3) is 0 Å². The third-order valence-electron chi connectivity index (χ3n) is 3.75. The van der Waals surface area contributed by atoms with Gasteiger partial charge >= 0.3 is 0 Å². The van der Waals surface area contributed by atoms with Crippen molar-refractivity contribution in [2.24, 2.45) is 0 Å². The molecule has 6 heteroatoms. The number of nitrogens with one attached hydrogen (secondary N) is 1. The first-order valence-electron chi connectivity index (χ1n) is 8.46. The third kappa shape index (κ3) is 6.22. The van der Waals surface area contributed by atoms with E-state index in [0.29, 0.717) is 36.9 Å². The van der Waals surface area contributed by atoms with Crippen LogP contribution in [0.4, 0.5) is 5.69 Å². The molecule has 0 heterocycles. The van der Waals surface area contributed by atoms with Crippen molar-refractivity contribution in [3.63, 3.8) is 0 Å². The van der Waals surface area contributed by atoms with Gasteiger partial charge < -0.3 is 19.7 Å². The minimum Gasteiger partial charge on any atom is -0.455 e. The maximum Gasteiger partial charge on any atom is 0.226 e. The highest BCUT2D eigenvalue weighted by Gasteiger charge is 2.13. The first-order valence-corrected chi connectivity index (χ1v) is 8.46. The zero-order valence-electron chi connectivity index (χ0n) is 15.1. The lowest BCUT2D eigenvalue weighted by atomic mass is 10.2. The molecule has 1 N–H and O–H groups in total. The SMILES string of the molecule is COCCN(CCC(=O)Nc1ccccc1Oc1ccccc1)C(C)=O. The fraction of sp³-hybridized carbons (Fsp3) is 0.300. The van der Waals surface area contributed by atoms with E-state index in [2.05, 4.69) is 5.32 Å². The Hall–Kier alpha value is -2.86. The molecule has 0 saturated heterocycles. The molecular weight excluding hydrogens is 332 g/mol. The van der Waals surface area contributed by atoms with Crippen molar-refractivity contribution >= 4 is 17.5 Å². The summed E-state index contributed by atoms with van der Waals surface area (Å²) in [6, 6.07) is 16.6. The summed E-state index contributed by atoms with van der Waals surface area (Å²) in [4.78, 5) is 25.5. The van der Waals surface area contributed by atoms with Crippen LogP contribution < -0.4 is 10.1 Å². The second-order valence-corrected chi connectivity index (χ2v) is 5.71. The molecule has 138 valence electrons. The molecule has 0 spiro atoms. The number of carbonyl (C=O) groups excluding carboxylic acids is 2. The normalized spacial score (nSPS) is 10.2. The van der Waals surface area contributed by atoms with Crippen molar-refractivity contribution in [3.8, 4) is 11.5 Å². The number of hydrogen-bond donors (Lipinski definition) is 1. The van der Waals surface area contributed by atoms with Gasteiger partial charge in [0.2, 0.25) is 11.8 Å².